The molecule has 3 rings (SSSR count). The van der Waals surface area contributed by atoms with Gasteiger partial charge in [0.1, 0.15) is 5.75 Å². The number of carbonyl (C=O) groups excluding carboxylic acids is 1. The molecule has 1 amide bonds. The van der Waals surface area contributed by atoms with E-state index in [1.807, 2.05) is 35.2 Å². The molecule has 0 saturated carbocycles. The lowest BCUT2D eigenvalue weighted by Crippen LogP contribution is -2.49. The fourth-order valence-electron chi connectivity index (χ4n) is 3.39. The van der Waals surface area contributed by atoms with Crippen LogP contribution in [0, 0.1) is 0 Å². The molecule has 116 valence electrons. The summed E-state index contributed by atoms with van der Waals surface area (Å²) >= 11 is 0. The van der Waals surface area contributed by atoms with Gasteiger partial charge in [-0.2, -0.15) is 0 Å². The number of amides is 1. The highest BCUT2D eigenvalue weighted by Gasteiger charge is 2.28. The van der Waals surface area contributed by atoms with E-state index < -0.39 is 0 Å². The zero-order valence-corrected chi connectivity index (χ0v) is 13.3. The fourth-order valence-corrected chi connectivity index (χ4v) is 3.39. The third-order valence-electron chi connectivity index (χ3n) is 4.56. The molecule has 2 atom stereocenters. The van der Waals surface area contributed by atoms with Gasteiger partial charge in [-0.1, -0.05) is 30.3 Å². The maximum absolute atomic E-state index is 12.5. The molecule has 0 aromatic heterocycles. The van der Waals surface area contributed by atoms with E-state index in [4.69, 9.17) is 4.74 Å². The molecule has 1 aliphatic heterocycles. The summed E-state index contributed by atoms with van der Waals surface area (Å²) in [4.78, 5) is 14.4. The van der Waals surface area contributed by atoms with Crippen molar-refractivity contribution in [3.63, 3.8) is 0 Å². The summed E-state index contributed by atoms with van der Waals surface area (Å²) in [5, 5.41) is 2.31. The van der Waals surface area contributed by atoms with Crippen molar-refractivity contribution in [3.05, 3.63) is 42.5 Å². The van der Waals surface area contributed by atoms with Crippen LogP contribution < -0.4 is 4.74 Å². The standard InChI is InChI=1S/C19H23NO2/c1-14-6-5-7-15(2)20(14)19(21)13-22-18-11-10-16-8-3-4-9-17(16)12-18/h3-4,8-12,14-15H,5-7,13H2,1-2H3/t14-,15-/m0/s1. The van der Waals surface area contributed by atoms with E-state index in [-0.39, 0.29) is 12.5 Å². The Morgan fingerprint density at radius 2 is 1.77 bits per heavy atom. The highest BCUT2D eigenvalue weighted by Crippen LogP contribution is 2.24. The average molecular weight is 297 g/mol. The SMILES string of the molecule is C[C@H]1CCC[C@H](C)N1C(=O)COc1ccc2ccccc2c1. The van der Waals surface area contributed by atoms with E-state index in [0.29, 0.717) is 12.1 Å². The zero-order valence-electron chi connectivity index (χ0n) is 13.3. The van der Waals surface area contributed by atoms with E-state index >= 15 is 0 Å². The van der Waals surface area contributed by atoms with Crippen molar-refractivity contribution >= 4 is 16.7 Å². The number of benzene rings is 2. The van der Waals surface area contributed by atoms with Gasteiger partial charge in [0.2, 0.25) is 0 Å². The second kappa shape index (κ2) is 6.39. The predicted molar refractivity (Wildman–Crippen MR) is 89.1 cm³/mol. The average Bonchev–Trinajstić information content (AvgIpc) is 2.52. The second-order valence-electron chi connectivity index (χ2n) is 6.23. The van der Waals surface area contributed by atoms with Crippen LogP contribution in [0.1, 0.15) is 33.1 Å². The molecule has 3 nitrogen and oxygen atoms in total. The third-order valence-corrected chi connectivity index (χ3v) is 4.56. The third kappa shape index (κ3) is 3.08. The summed E-state index contributed by atoms with van der Waals surface area (Å²) < 4.78 is 5.73. The molecule has 1 saturated heterocycles. The second-order valence-corrected chi connectivity index (χ2v) is 6.23. The zero-order chi connectivity index (χ0) is 15.5. The number of hydrogen-bond acceptors (Lipinski definition) is 2. The Kier molecular flexibility index (Phi) is 4.32. The van der Waals surface area contributed by atoms with Gasteiger partial charge in [-0.05, 0) is 56.0 Å². The van der Waals surface area contributed by atoms with Crippen molar-refractivity contribution in [3.8, 4) is 5.75 Å². The molecule has 2 aromatic carbocycles. The maximum Gasteiger partial charge on any atom is 0.260 e. The first-order valence-corrected chi connectivity index (χ1v) is 8.08. The largest absolute Gasteiger partial charge is 0.484 e. The molecule has 0 bridgehead atoms. The summed E-state index contributed by atoms with van der Waals surface area (Å²) in [6.45, 7) is 4.38. The van der Waals surface area contributed by atoms with Crippen LogP contribution in [0.4, 0.5) is 0 Å². The maximum atomic E-state index is 12.5. The molecule has 1 heterocycles. The van der Waals surface area contributed by atoms with Crippen LogP contribution in [-0.4, -0.2) is 29.5 Å². The van der Waals surface area contributed by atoms with Gasteiger partial charge in [0.05, 0.1) is 0 Å². The smallest absolute Gasteiger partial charge is 0.260 e. The van der Waals surface area contributed by atoms with Crippen molar-refractivity contribution in [1.29, 1.82) is 0 Å². The first-order chi connectivity index (χ1) is 10.6. The van der Waals surface area contributed by atoms with Crippen molar-refractivity contribution in [2.24, 2.45) is 0 Å². The summed E-state index contributed by atoms with van der Waals surface area (Å²) in [6.07, 6.45) is 3.38. The minimum atomic E-state index is 0.0906. The molecule has 0 unspecified atom stereocenters. The van der Waals surface area contributed by atoms with E-state index in [0.717, 1.165) is 24.0 Å². The number of hydrogen-bond donors (Lipinski definition) is 0. The Morgan fingerprint density at radius 3 is 2.50 bits per heavy atom. The number of carbonyl (C=O) groups is 1. The fraction of sp³-hybridized carbons (Fsp3) is 0.421. The number of rotatable bonds is 3. The summed E-state index contributed by atoms with van der Waals surface area (Å²) in [5.74, 6) is 0.845. The number of piperidine rings is 1. The van der Waals surface area contributed by atoms with E-state index in [9.17, 15) is 4.79 Å². The van der Waals surface area contributed by atoms with Gasteiger partial charge in [0.25, 0.3) is 5.91 Å². The topological polar surface area (TPSA) is 29.5 Å². The normalized spacial score (nSPS) is 21.8. The monoisotopic (exact) mass is 297 g/mol. The highest BCUT2D eigenvalue weighted by molar-refractivity contribution is 5.84. The lowest BCUT2D eigenvalue weighted by molar-refractivity contribution is -0.139. The van der Waals surface area contributed by atoms with Crippen LogP contribution in [0.15, 0.2) is 42.5 Å². The van der Waals surface area contributed by atoms with Crippen LogP contribution in [0.5, 0.6) is 5.75 Å². The van der Waals surface area contributed by atoms with Gasteiger partial charge in [0.15, 0.2) is 6.61 Å². The number of nitrogens with zero attached hydrogens (tertiary/aromatic N) is 1. The van der Waals surface area contributed by atoms with Gasteiger partial charge in [-0.3, -0.25) is 4.79 Å². The summed E-state index contributed by atoms with van der Waals surface area (Å²) in [6, 6.07) is 14.7. The van der Waals surface area contributed by atoms with Gasteiger partial charge in [-0.25, -0.2) is 0 Å². The van der Waals surface area contributed by atoms with Gasteiger partial charge >= 0.3 is 0 Å². The Balaban J connectivity index is 1.66. The van der Waals surface area contributed by atoms with E-state index in [1.54, 1.807) is 0 Å². The molecule has 2 aromatic rings. The van der Waals surface area contributed by atoms with Gasteiger partial charge < -0.3 is 9.64 Å². The Labute approximate surface area is 131 Å². The predicted octanol–water partition coefficient (Wildman–Crippen LogP) is 4.01. The van der Waals surface area contributed by atoms with Crippen molar-refractivity contribution in [2.75, 3.05) is 6.61 Å². The number of ether oxygens (including phenoxy) is 1. The summed E-state index contributed by atoms with van der Waals surface area (Å²) in [7, 11) is 0. The molecule has 0 aliphatic carbocycles. The van der Waals surface area contributed by atoms with Gasteiger partial charge in [-0.15, -0.1) is 0 Å². The Hall–Kier alpha value is -2.03. The molecule has 0 N–H and O–H groups in total. The lowest BCUT2D eigenvalue weighted by atomic mass is 9.97. The summed E-state index contributed by atoms with van der Waals surface area (Å²) in [5.41, 5.74) is 0. The van der Waals surface area contributed by atoms with Crippen LogP contribution in [0.25, 0.3) is 10.8 Å². The van der Waals surface area contributed by atoms with Crippen LogP contribution >= 0.6 is 0 Å². The minimum absolute atomic E-state index is 0.0906. The number of likely N-dealkylation sites (tertiary alicyclic amines) is 1. The van der Waals surface area contributed by atoms with Crippen LogP contribution in [0.3, 0.4) is 0 Å². The molecule has 1 aliphatic rings. The molecular weight excluding hydrogens is 274 g/mol. The minimum Gasteiger partial charge on any atom is -0.484 e. The molecule has 3 heteroatoms. The Bertz CT molecular complexity index is 657. The molecule has 1 fully saturated rings. The van der Waals surface area contributed by atoms with Crippen molar-refractivity contribution < 1.29 is 9.53 Å². The molecule has 0 radical (unpaired) electrons. The van der Waals surface area contributed by atoms with Crippen molar-refractivity contribution in [2.45, 2.75) is 45.2 Å². The van der Waals surface area contributed by atoms with Gasteiger partial charge in [0, 0.05) is 12.1 Å². The highest BCUT2D eigenvalue weighted by atomic mass is 16.5. The molecular formula is C19H23NO2. The lowest BCUT2D eigenvalue weighted by Gasteiger charge is -2.38. The number of fused-ring (bicyclic) bond motifs is 1. The van der Waals surface area contributed by atoms with Crippen molar-refractivity contribution in [1.82, 2.24) is 4.90 Å². The van der Waals surface area contributed by atoms with E-state index in [1.165, 1.54) is 11.8 Å². The van der Waals surface area contributed by atoms with E-state index in [2.05, 4.69) is 26.0 Å². The van der Waals surface area contributed by atoms with Crippen LogP contribution in [-0.2, 0) is 4.79 Å². The molecule has 0 spiro atoms. The quantitative estimate of drug-likeness (QED) is 0.856. The first-order valence-electron chi connectivity index (χ1n) is 8.08. The van der Waals surface area contributed by atoms with Crippen LogP contribution in [0.2, 0.25) is 0 Å². The first kappa shape index (κ1) is 14.9. The Morgan fingerprint density at radius 1 is 1.09 bits per heavy atom. The molecule has 22 heavy (non-hydrogen) atoms.